The van der Waals surface area contributed by atoms with Gasteiger partial charge in [0.15, 0.2) is 5.65 Å². The molecule has 0 aliphatic carbocycles. The van der Waals surface area contributed by atoms with E-state index in [9.17, 15) is 0 Å². The van der Waals surface area contributed by atoms with Crippen molar-refractivity contribution in [2.75, 3.05) is 7.11 Å². The molecule has 3 rings (SSSR count). The third-order valence-electron chi connectivity index (χ3n) is 2.90. The number of hydrogen-bond donors (Lipinski definition) is 0. The molecule has 2 aromatic heterocycles. The maximum absolute atomic E-state index is 5.26. The van der Waals surface area contributed by atoms with Gasteiger partial charge < -0.3 is 4.74 Å². The Morgan fingerprint density at radius 3 is 2.72 bits per heavy atom. The van der Waals surface area contributed by atoms with Crippen LogP contribution in [0.15, 0.2) is 54.9 Å². The van der Waals surface area contributed by atoms with E-state index >= 15 is 0 Å². The summed E-state index contributed by atoms with van der Waals surface area (Å²) in [6, 6.07) is 13.9. The second kappa shape index (κ2) is 4.45. The lowest BCUT2D eigenvalue weighted by atomic mass is 10.0. The maximum atomic E-state index is 5.26. The molecule has 0 bridgehead atoms. The van der Waals surface area contributed by atoms with Gasteiger partial charge in [-0.15, -0.1) is 0 Å². The van der Waals surface area contributed by atoms with Gasteiger partial charge in [-0.3, -0.25) is 0 Å². The van der Waals surface area contributed by atoms with E-state index < -0.39 is 0 Å². The van der Waals surface area contributed by atoms with Crippen molar-refractivity contribution in [3.63, 3.8) is 0 Å². The minimum Gasteiger partial charge on any atom is -0.497 e. The molecule has 88 valence electrons. The Balaban J connectivity index is 2.24. The summed E-state index contributed by atoms with van der Waals surface area (Å²) in [6.07, 6.45) is 3.54. The number of aromatic nitrogens is 2. The summed E-state index contributed by atoms with van der Waals surface area (Å²) in [5.41, 5.74) is 2.99. The van der Waals surface area contributed by atoms with E-state index in [-0.39, 0.29) is 0 Å². The average molecular weight is 236 g/mol. The Morgan fingerprint density at radius 2 is 1.83 bits per heavy atom. The van der Waals surface area contributed by atoms with Crippen LogP contribution in [0.5, 0.6) is 5.75 Å². The van der Waals surface area contributed by atoms with Gasteiger partial charge in [-0.05, 0) is 41.5 Å². The first-order valence-corrected chi connectivity index (χ1v) is 5.72. The lowest BCUT2D eigenvalue weighted by Gasteiger charge is -2.07. The van der Waals surface area contributed by atoms with Crippen molar-refractivity contribution in [2.45, 2.75) is 0 Å². The molecule has 3 heteroatoms. The van der Waals surface area contributed by atoms with E-state index in [2.05, 4.69) is 16.0 Å². The van der Waals surface area contributed by atoms with Crippen LogP contribution in [0.2, 0.25) is 0 Å². The van der Waals surface area contributed by atoms with Crippen molar-refractivity contribution in [2.24, 2.45) is 0 Å². The second-order valence-electron chi connectivity index (χ2n) is 3.97. The first-order valence-electron chi connectivity index (χ1n) is 5.72. The molecular weight excluding hydrogens is 224 g/mol. The van der Waals surface area contributed by atoms with Crippen molar-refractivity contribution < 1.29 is 4.74 Å². The first-order chi connectivity index (χ1) is 8.88. The number of methoxy groups -OCH3 is 1. The lowest BCUT2D eigenvalue weighted by molar-refractivity contribution is 0.415. The highest BCUT2D eigenvalue weighted by molar-refractivity contribution is 5.92. The highest BCUT2D eigenvalue weighted by atomic mass is 16.5. The van der Waals surface area contributed by atoms with Crippen LogP contribution in [0.25, 0.3) is 22.2 Å². The Bertz CT molecular complexity index is 689. The molecule has 0 radical (unpaired) electrons. The zero-order valence-electron chi connectivity index (χ0n) is 10.00. The smallest absolute Gasteiger partial charge is 0.159 e. The number of fused-ring (bicyclic) bond motifs is 1. The van der Waals surface area contributed by atoms with Gasteiger partial charge in [0.25, 0.3) is 0 Å². The molecule has 3 nitrogen and oxygen atoms in total. The van der Waals surface area contributed by atoms with Crippen molar-refractivity contribution >= 4 is 11.0 Å². The SMILES string of the molecule is COc1cccc(-c2ccnc3ncccc23)c1. The molecule has 0 saturated heterocycles. The third kappa shape index (κ3) is 1.80. The molecule has 0 aliphatic rings. The number of benzene rings is 1. The van der Waals surface area contributed by atoms with Gasteiger partial charge in [-0.2, -0.15) is 0 Å². The molecule has 1 aromatic carbocycles. The summed E-state index contributed by atoms with van der Waals surface area (Å²) in [6.45, 7) is 0. The van der Waals surface area contributed by atoms with Crippen molar-refractivity contribution in [1.29, 1.82) is 0 Å². The lowest BCUT2D eigenvalue weighted by Crippen LogP contribution is -1.88. The summed E-state index contributed by atoms with van der Waals surface area (Å²) < 4.78 is 5.26. The highest BCUT2D eigenvalue weighted by Crippen LogP contribution is 2.28. The molecular formula is C15H12N2O. The summed E-state index contributed by atoms with van der Waals surface area (Å²) >= 11 is 0. The van der Waals surface area contributed by atoms with E-state index in [1.165, 1.54) is 0 Å². The summed E-state index contributed by atoms with van der Waals surface area (Å²) in [5.74, 6) is 0.848. The van der Waals surface area contributed by atoms with Crippen LogP contribution in [0, 0.1) is 0 Å². The zero-order chi connectivity index (χ0) is 12.4. The Kier molecular flexibility index (Phi) is 2.65. The monoisotopic (exact) mass is 236 g/mol. The molecule has 0 unspecified atom stereocenters. The largest absolute Gasteiger partial charge is 0.497 e. The van der Waals surface area contributed by atoms with E-state index in [4.69, 9.17) is 4.74 Å². The average Bonchev–Trinajstić information content (AvgIpc) is 2.47. The van der Waals surface area contributed by atoms with Crippen LogP contribution in [-0.2, 0) is 0 Å². The summed E-state index contributed by atoms with van der Waals surface area (Å²) in [4.78, 5) is 8.54. The minimum atomic E-state index is 0.762. The van der Waals surface area contributed by atoms with E-state index in [1.54, 1.807) is 19.5 Å². The molecule has 0 spiro atoms. The summed E-state index contributed by atoms with van der Waals surface area (Å²) in [5, 5.41) is 1.05. The third-order valence-corrected chi connectivity index (χ3v) is 2.90. The van der Waals surface area contributed by atoms with Crippen LogP contribution in [0.3, 0.4) is 0 Å². The number of nitrogens with zero attached hydrogens (tertiary/aromatic N) is 2. The number of ether oxygens (including phenoxy) is 1. The van der Waals surface area contributed by atoms with Crippen LogP contribution < -0.4 is 4.74 Å². The van der Waals surface area contributed by atoms with Gasteiger partial charge in [0.05, 0.1) is 7.11 Å². The van der Waals surface area contributed by atoms with Crippen LogP contribution in [0.1, 0.15) is 0 Å². The fraction of sp³-hybridized carbons (Fsp3) is 0.0667. The standard InChI is InChI=1S/C15H12N2O/c1-18-12-5-2-4-11(10-12)13-7-9-17-15-14(13)6-3-8-16-15/h2-10H,1H3. The first kappa shape index (κ1) is 10.7. The van der Waals surface area contributed by atoms with Crippen molar-refractivity contribution in [1.82, 2.24) is 9.97 Å². The number of hydrogen-bond acceptors (Lipinski definition) is 3. The zero-order valence-corrected chi connectivity index (χ0v) is 10.00. The van der Waals surface area contributed by atoms with Crippen molar-refractivity contribution in [3.8, 4) is 16.9 Å². The molecule has 3 aromatic rings. The van der Waals surface area contributed by atoms with Gasteiger partial charge in [0.1, 0.15) is 5.75 Å². The fourth-order valence-electron chi connectivity index (χ4n) is 2.02. The Morgan fingerprint density at radius 1 is 0.944 bits per heavy atom. The number of rotatable bonds is 2. The van der Waals surface area contributed by atoms with Gasteiger partial charge in [-0.1, -0.05) is 12.1 Å². The predicted molar refractivity (Wildman–Crippen MR) is 71.5 cm³/mol. The predicted octanol–water partition coefficient (Wildman–Crippen LogP) is 3.31. The topological polar surface area (TPSA) is 35.0 Å². The van der Waals surface area contributed by atoms with Crippen LogP contribution in [0.4, 0.5) is 0 Å². The van der Waals surface area contributed by atoms with E-state index in [0.717, 1.165) is 27.9 Å². The summed E-state index contributed by atoms with van der Waals surface area (Å²) in [7, 11) is 1.67. The molecule has 18 heavy (non-hydrogen) atoms. The Labute approximate surface area is 105 Å². The fourth-order valence-corrected chi connectivity index (χ4v) is 2.02. The van der Waals surface area contributed by atoms with Gasteiger partial charge in [0, 0.05) is 17.8 Å². The van der Waals surface area contributed by atoms with Crippen molar-refractivity contribution in [3.05, 3.63) is 54.9 Å². The van der Waals surface area contributed by atoms with Gasteiger partial charge in [-0.25, -0.2) is 9.97 Å². The van der Waals surface area contributed by atoms with E-state index in [0.29, 0.717) is 0 Å². The molecule has 2 heterocycles. The molecule has 0 amide bonds. The van der Waals surface area contributed by atoms with Crippen LogP contribution in [-0.4, -0.2) is 17.1 Å². The number of pyridine rings is 2. The second-order valence-corrected chi connectivity index (χ2v) is 3.97. The minimum absolute atomic E-state index is 0.762. The normalized spacial score (nSPS) is 10.5. The van der Waals surface area contributed by atoms with Gasteiger partial charge in [0.2, 0.25) is 0 Å². The van der Waals surface area contributed by atoms with Crippen LogP contribution >= 0.6 is 0 Å². The molecule has 0 atom stereocenters. The molecule has 0 aliphatic heterocycles. The van der Waals surface area contributed by atoms with Gasteiger partial charge >= 0.3 is 0 Å². The maximum Gasteiger partial charge on any atom is 0.159 e. The highest BCUT2D eigenvalue weighted by Gasteiger charge is 2.05. The quantitative estimate of drug-likeness (QED) is 0.684. The molecule has 0 N–H and O–H groups in total. The molecule has 0 saturated carbocycles. The van der Waals surface area contributed by atoms with E-state index in [1.807, 2.05) is 36.4 Å². The Hall–Kier alpha value is -2.42. The molecule has 0 fully saturated rings.